The lowest BCUT2D eigenvalue weighted by Crippen LogP contribution is -2.62. The summed E-state index contributed by atoms with van der Waals surface area (Å²) in [5, 5.41) is 6.44. The van der Waals surface area contributed by atoms with Crippen molar-refractivity contribution < 1.29 is 0 Å². The molecule has 3 N–H and O–H groups in total. The van der Waals surface area contributed by atoms with Crippen LogP contribution >= 0.6 is 0 Å². The standard InChI is InChI=1S/C8H23N3Si/c1-5-6-7-12-11-8(2,9-3)10-4/h9-11H,5-7,12H2,1-4H3. The fourth-order valence-corrected chi connectivity index (χ4v) is 2.80. The van der Waals surface area contributed by atoms with Crippen molar-refractivity contribution in [3.05, 3.63) is 0 Å². The summed E-state index contributed by atoms with van der Waals surface area (Å²) in [5.74, 6) is -0.0556. The minimum absolute atomic E-state index is 0.0556. The maximum absolute atomic E-state index is 3.55. The quantitative estimate of drug-likeness (QED) is 0.299. The summed E-state index contributed by atoms with van der Waals surface area (Å²) < 4.78 is 0. The first-order valence-corrected chi connectivity index (χ1v) is 6.52. The Morgan fingerprint density at radius 1 is 1.25 bits per heavy atom. The summed E-state index contributed by atoms with van der Waals surface area (Å²) in [6.45, 7) is 4.37. The Balaban J connectivity index is 3.45. The Morgan fingerprint density at radius 3 is 2.25 bits per heavy atom. The van der Waals surface area contributed by atoms with Gasteiger partial charge in [-0.1, -0.05) is 19.8 Å². The van der Waals surface area contributed by atoms with Gasteiger partial charge in [0.05, 0.1) is 9.68 Å². The SMILES string of the molecule is CCCC[SiH2]NC(C)(NC)NC. The van der Waals surface area contributed by atoms with Gasteiger partial charge in [-0.25, -0.2) is 0 Å². The molecule has 0 fully saturated rings. The highest BCUT2D eigenvalue weighted by molar-refractivity contribution is 6.32. The molecule has 3 nitrogen and oxygen atoms in total. The van der Waals surface area contributed by atoms with Gasteiger partial charge in [-0.3, -0.25) is 10.6 Å². The van der Waals surface area contributed by atoms with Crippen LogP contribution in [0.25, 0.3) is 0 Å². The zero-order valence-corrected chi connectivity index (χ0v) is 10.2. The monoisotopic (exact) mass is 189 g/mol. The molecular weight excluding hydrogens is 166 g/mol. The fourth-order valence-electron chi connectivity index (χ4n) is 1.02. The third-order valence-electron chi connectivity index (χ3n) is 2.26. The first kappa shape index (κ1) is 12.1. The van der Waals surface area contributed by atoms with E-state index >= 15 is 0 Å². The number of rotatable bonds is 7. The number of unbranched alkanes of at least 4 members (excludes halogenated alkanes) is 1. The van der Waals surface area contributed by atoms with Crippen LogP contribution < -0.4 is 15.6 Å². The summed E-state index contributed by atoms with van der Waals surface area (Å²) in [6, 6.07) is 1.38. The van der Waals surface area contributed by atoms with E-state index < -0.39 is 0 Å². The van der Waals surface area contributed by atoms with Crippen LogP contribution in [0, 0.1) is 0 Å². The Morgan fingerprint density at radius 2 is 1.83 bits per heavy atom. The molecule has 0 aliphatic carbocycles. The van der Waals surface area contributed by atoms with Crippen LogP contribution in [0.3, 0.4) is 0 Å². The zero-order chi connectivity index (χ0) is 9.45. The van der Waals surface area contributed by atoms with E-state index in [4.69, 9.17) is 0 Å². The molecule has 0 aromatic heterocycles. The van der Waals surface area contributed by atoms with Crippen LogP contribution in [-0.4, -0.2) is 29.6 Å². The molecule has 0 aliphatic heterocycles. The van der Waals surface area contributed by atoms with Crippen molar-refractivity contribution in [2.45, 2.75) is 38.5 Å². The second kappa shape index (κ2) is 6.60. The maximum atomic E-state index is 3.55. The molecule has 12 heavy (non-hydrogen) atoms. The Hall–Kier alpha value is 0.0969. The highest BCUT2D eigenvalue weighted by Gasteiger charge is 2.16. The third kappa shape index (κ3) is 4.87. The molecule has 0 heterocycles. The largest absolute Gasteiger partial charge is 0.314 e. The third-order valence-corrected chi connectivity index (χ3v) is 4.07. The van der Waals surface area contributed by atoms with Gasteiger partial charge in [0.2, 0.25) is 0 Å². The van der Waals surface area contributed by atoms with Gasteiger partial charge in [-0.05, 0) is 27.1 Å². The summed E-state index contributed by atoms with van der Waals surface area (Å²) >= 11 is 0. The predicted octanol–water partition coefficient (Wildman–Crippen LogP) is -0.00930. The molecule has 0 aromatic rings. The van der Waals surface area contributed by atoms with Crippen LogP contribution in [0.5, 0.6) is 0 Å². The van der Waals surface area contributed by atoms with Crippen molar-refractivity contribution >= 4 is 9.68 Å². The van der Waals surface area contributed by atoms with Crippen molar-refractivity contribution in [2.24, 2.45) is 0 Å². The van der Waals surface area contributed by atoms with Crippen LogP contribution in [-0.2, 0) is 0 Å². The Kier molecular flexibility index (Phi) is 6.65. The molecule has 0 aliphatic rings. The van der Waals surface area contributed by atoms with E-state index in [0.29, 0.717) is 0 Å². The maximum Gasteiger partial charge on any atom is 0.113 e. The van der Waals surface area contributed by atoms with Crippen molar-refractivity contribution in [3.8, 4) is 0 Å². The summed E-state index contributed by atoms with van der Waals surface area (Å²) in [5.41, 5.74) is 0. The molecule has 0 amide bonds. The van der Waals surface area contributed by atoms with Crippen molar-refractivity contribution in [2.75, 3.05) is 14.1 Å². The van der Waals surface area contributed by atoms with Gasteiger partial charge in [-0.15, -0.1) is 0 Å². The van der Waals surface area contributed by atoms with Crippen LogP contribution in [0.15, 0.2) is 0 Å². The summed E-state index contributed by atoms with van der Waals surface area (Å²) in [7, 11) is 3.84. The Labute approximate surface area is 78.6 Å². The second-order valence-corrected chi connectivity index (χ2v) is 4.82. The molecule has 74 valence electrons. The molecule has 0 aromatic carbocycles. The molecular formula is C8H23N3Si. The second-order valence-electron chi connectivity index (χ2n) is 3.26. The first-order chi connectivity index (χ1) is 5.68. The minimum Gasteiger partial charge on any atom is -0.314 e. The summed E-state index contributed by atoms with van der Waals surface area (Å²) in [4.78, 5) is 3.55. The lowest BCUT2D eigenvalue weighted by molar-refractivity contribution is 0.306. The molecule has 0 spiro atoms. The average Bonchev–Trinajstić information content (AvgIpc) is 2.12. The highest BCUT2D eigenvalue weighted by atomic mass is 28.2. The number of hydrogen-bond acceptors (Lipinski definition) is 3. The zero-order valence-electron chi connectivity index (χ0n) is 8.83. The van der Waals surface area contributed by atoms with E-state index in [0.717, 1.165) is 0 Å². The summed E-state index contributed by atoms with van der Waals surface area (Å²) in [6.07, 6.45) is 2.67. The average molecular weight is 189 g/mol. The van der Waals surface area contributed by atoms with Gasteiger partial charge in [0.15, 0.2) is 0 Å². The van der Waals surface area contributed by atoms with Gasteiger partial charge < -0.3 is 4.98 Å². The first-order valence-electron chi connectivity index (χ1n) is 4.81. The predicted molar refractivity (Wildman–Crippen MR) is 57.9 cm³/mol. The smallest absolute Gasteiger partial charge is 0.113 e. The van der Waals surface area contributed by atoms with E-state index in [1.807, 2.05) is 14.1 Å². The van der Waals surface area contributed by atoms with Crippen LogP contribution in [0.1, 0.15) is 26.7 Å². The lowest BCUT2D eigenvalue weighted by atomic mass is 10.4. The van der Waals surface area contributed by atoms with E-state index in [1.54, 1.807) is 0 Å². The van der Waals surface area contributed by atoms with Crippen molar-refractivity contribution in [3.63, 3.8) is 0 Å². The topological polar surface area (TPSA) is 36.1 Å². The van der Waals surface area contributed by atoms with Crippen molar-refractivity contribution in [1.82, 2.24) is 15.6 Å². The van der Waals surface area contributed by atoms with Gasteiger partial charge in [0.25, 0.3) is 0 Å². The lowest BCUT2D eigenvalue weighted by Gasteiger charge is -2.30. The normalized spacial score (nSPS) is 13.0. The molecule has 0 rings (SSSR count). The molecule has 0 unspecified atom stereocenters. The molecule has 0 saturated carbocycles. The van der Waals surface area contributed by atoms with E-state index in [-0.39, 0.29) is 15.5 Å². The number of hydrogen-bond donors (Lipinski definition) is 3. The molecule has 0 bridgehead atoms. The molecule has 0 saturated heterocycles. The molecule has 4 heteroatoms. The molecule has 0 atom stereocenters. The highest BCUT2D eigenvalue weighted by Crippen LogP contribution is 1.94. The minimum atomic E-state index is -0.101. The van der Waals surface area contributed by atoms with Crippen LogP contribution in [0.4, 0.5) is 0 Å². The van der Waals surface area contributed by atoms with Gasteiger partial charge in [0, 0.05) is 0 Å². The van der Waals surface area contributed by atoms with Gasteiger partial charge in [0.1, 0.15) is 5.79 Å². The molecule has 0 radical (unpaired) electrons. The number of nitrogens with one attached hydrogen (secondary N) is 3. The van der Waals surface area contributed by atoms with Gasteiger partial charge in [-0.2, -0.15) is 0 Å². The Bertz CT molecular complexity index is 104. The van der Waals surface area contributed by atoms with Crippen LogP contribution in [0.2, 0.25) is 6.04 Å². The van der Waals surface area contributed by atoms with Crippen molar-refractivity contribution in [1.29, 1.82) is 0 Å². The van der Waals surface area contributed by atoms with E-state index in [1.165, 1.54) is 18.9 Å². The van der Waals surface area contributed by atoms with Gasteiger partial charge >= 0.3 is 0 Å². The van der Waals surface area contributed by atoms with E-state index in [9.17, 15) is 0 Å². The fraction of sp³-hybridized carbons (Fsp3) is 1.00. The van der Waals surface area contributed by atoms with E-state index in [2.05, 4.69) is 29.5 Å².